The van der Waals surface area contributed by atoms with E-state index in [9.17, 15) is 9.59 Å². The Bertz CT molecular complexity index is 1250. The average molecular weight is 358 g/mol. The van der Waals surface area contributed by atoms with Crippen molar-refractivity contribution in [3.63, 3.8) is 0 Å². The molecule has 3 heterocycles. The van der Waals surface area contributed by atoms with Gasteiger partial charge in [0.15, 0.2) is 0 Å². The summed E-state index contributed by atoms with van der Waals surface area (Å²) in [6, 6.07) is 14.4. The van der Waals surface area contributed by atoms with Crippen LogP contribution in [0.4, 0.5) is 0 Å². The van der Waals surface area contributed by atoms with Crippen LogP contribution in [0.1, 0.15) is 30.4 Å². The van der Waals surface area contributed by atoms with Crippen LogP contribution in [0.5, 0.6) is 0 Å². The molecule has 1 aliphatic heterocycles. The molecule has 0 bridgehead atoms. The van der Waals surface area contributed by atoms with Gasteiger partial charge in [0, 0.05) is 23.5 Å². The molecule has 2 atom stereocenters. The highest BCUT2D eigenvalue weighted by molar-refractivity contribution is 5.85. The molecule has 6 heteroatoms. The molecular formula is C21H18N4O2. The Hall–Kier alpha value is -3.41. The number of nitrogens with one attached hydrogen (secondary N) is 2. The van der Waals surface area contributed by atoms with Crippen LogP contribution >= 0.6 is 0 Å². The molecule has 5 rings (SSSR count). The number of hydrogen-bond acceptors (Lipinski definition) is 3. The molecule has 0 radical (unpaired) electrons. The van der Waals surface area contributed by atoms with Crippen LogP contribution in [0, 0.1) is 0 Å². The Kier molecular flexibility index (Phi) is 3.40. The van der Waals surface area contributed by atoms with Gasteiger partial charge in [-0.05, 0) is 30.7 Å². The van der Waals surface area contributed by atoms with E-state index in [2.05, 4.69) is 16.4 Å². The van der Waals surface area contributed by atoms with Crippen LogP contribution in [0.25, 0.3) is 21.8 Å². The van der Waals surface area contributed by atoms with Crippen LogP contribution in [0.15, 0.2) is 59.5 Å². The second-order valence-electron chi connectivity index (χ2n) is 6.96. The summed E-state index contributed by atoms with van der Waals surface area (Å²) in [5.74, 6) is 0.447. The number of benzene rings is 2. The van der Waals surface area contributed by atoms with Crippen LogP contribution in [0.2, 0.25) is 0 Å². The van der Waals surface area contributed by atoms with Gasteiger partial charge in [0.05, 0.1) is 16.9 Å². The van der Waals surface area contributed by atoms with Crippen molar-refractivity contribution >= 4 is 27.7 Å². The highest BCUT2D eigenvalue weighted by Crippen LogP contribution is 2.28. The van der Waals surface area contributed by atoms with Gasteiger partial charge in [0.25, 0.3) is 5.56 Å². The van der Waals surface area contributed by atoms with E-state index in [1.165, 1.54) is 0 Å². The lowest BCUT2D eigenvalue weighted by molar-refractivity contribution is -0.126. The number of para-hydroxylation sites is 2. The summed E-state index contributed by atoms with van der Waals surface area (Å²) in [5, 5.41) is 4.69. The lowest BCUT2D eigenvalue weighted by Gasteiger charge is -2.31. The molecule has 2 aromatic carbocycles. The molecule has 1 amide bonds. The van der Waals surface area contributed by atoms with Gasteiger partial charge >= 0.3 is 0 Å². The maximum Gasteiger partial charge on any atom is 0.262 e. The van der Waals surface area contributed by atoms with Crippen molar-refractivity contribution in [3.8, 4) is 0 Å². The lowest BCUT2D eigenvalue weighted by atomic mass is 10.0. The topological polar surface area (TPSA) is 79.8 Å². The Morgan fingerprint density at radius 2 is 1.78 bits per heavy atom. The van der Waals surface area contributed by atoms with Crippen molar-refractivity contribution in [1.82, 2.24) is 19.9 Å². The third-order valence-corrected chi connectivity index (χ3v) is 5.33. The standard InChI is InChI=1S/C21H18N4O2/c1-12-20(26)24-18(10-13-11-22-16-8-4-2-6-14(13)16)19-23-17-9-5-3-7-15(17)21(27)25(12)19/h2-9,11-12,18,22H,10H2,1H3,(H,24,26)/t12-,18+/m1/s1. The van der Waals surface area contributed by atoms with Crippen LogP contribution in [-0.4, -0.2) is 20.4 Å². The zero-order valence-electron chi connectivity index (χ0n) is 14.8. The number of carbonyl (C=O) groups is 1. The van der Waals surface area contributed by atoms with Crippen molar-refractivity contribution in [2.45, 2.75) is 25.4 Å². The highest BCUT2D eigenvalue weighted by Gasteiger charge is 2.33. The molecule has 0 spiro atoms. The fourth-order valence-corrected chi connectivity index (χ4v) is 3.92. The smallest absolute Gasteiger partial charge is 0.262 e. The fourth-order valence-electron chi connectivity index (χ4n) is 3.92. The fraction of sp³-hybridized carbons (Fsp3) is 0.190. The summed E-state index contributed by atoms with van der Waals surface area (Å²) < 4.78 is 1.54. The first-order chi connectivity index (χ1) is 13.1. The molecule has 134 valence electrons. The van der Waals surface area contributed by atoms with E-state index in [0.29, 0.717) is 23.1 Å². The Morgan fingerprint density at radius 1 is 1.04 bits per heavy atom. The number of aromatic amines is 1. The van der Waals surface area contributed by atoms with Crippen molar-refractivity contribution in [3.05, 3.63) is 76.5 Å². The van der Waals surface area contributed by atoms with Gasteiger partial charge in [-0.15, -0.1) is 0 Å². The summed E-state index contributed by atoms with van der Waals surface area (Å²) >= 11 is 0. The average Bonchev–Trinajstić information content (AvgIpc) is 3.09. The molecule has 0 unspecified atom stereocenters. The Labute approximate surface area is 154 Å². The number of H-pyrrole nitrogens is 1. The predicted octanol–water partition coefficient (Wildman–Crippen LogP) is 2.85. The van der Waals surface area contributed by atoms with Crippen LogP contribution in [-0.2, 0) is 11.2 Å². The van der Waals surface area contributed by atoms with Gasteiger partial charge in [-0.1, -0.05) is 30.3 Å². The molecule has 0 fully saturated rings. The van der Waals surface area contributed by atoms with Crippen molar-refractivity contribution in [2.75, 3.05) is 0 Å². The molecule has 2 aromatic heterocycles. The maximum atomic E-state index is 13.0. The zero-order chi connectivity index (χ0) is 18.5. The quantitative estimate of drug-likeness (QED) is 0.578. The second-order valence-corrected chi connectivity index (χ2v) is 6.96. The molecule has 0 saturated heterocycles. The van der Waals surface area contributed by atoms with Gasteiger partial charge < -0.3 is 10.3 Å². The highest BCUT2D eigenvalue weighted by atomic mass is 16.2. The summed E-state index contributed by atoms with van der Waals surface area (Å²) in [7, 11) is 0. The summed E-state index contributed by atoms with van der Waals surface area (Å²) in [5.41, 5.74) is 2.62. The molecular weight excluding hydrogens is 340 g/mol. The first kappa shape index (κ1) is 15.8. The molecule has 1 aliphatic rings. The van der Waals surface area contributed by atoms with E-state index in [4.69, 9.17) is 4.98 Å². The largest absolute Gasteiger partial charge is 0.361 e. The van der Waals surface area contributed by atoms with E-state index in [1.54, 1.807) is 17.6 Å². The van der Waals surface area contributed by atoms with E-state index in [0.717, 1.165) is 16.5 Å². The number of fused-ring (bicyclic) bond motifs is 3. The minimum atomic E-state index is -0.580. The Balaban J connectivity index is 1.68. The second kappa shape index (κ2) is 5.81. The summed E-state index contributed by atoms with van der Waals surface area (Å²) in [4.78, 5) is 33.6. The van der Waals surface area contributed by atoms with E-state index in [-0.39, 0.29) is 17.5 Å². The Morgan fingerprint density at radius 3 is 2.63 bits per heavy atom. The number of hydrogen-bond donors (Lipinski definition) is 2. The predicted molar refractivity (Wildman–Crippen MR) is 104 cm³/mol. The summed E-state index contributed by atoms with van der Waals surface area (Å²) in [6.45, 7) is 1.73. The van der Waals surface area contributed by atoms with Crippen LogP contribution < -0.4 is 10.9 Å². The van der Waals surface area contributed by atoms with Gasteiger partial charge in [-0.3, -0.25) is 14.2 Å². The maximum absolute atomic E-state index is 13.0. The summed E-state index contributed by atoms with van der Waals surface area (Å²) in [6.07, 6.45) is 2.52. The molecule has 4 aromatic rings. The van der Waals surface area contributed by atoms with Crippen molar-refractivity contribution < 1.29 is 4.79 Å². The lowest BCUT2D eigenvalue weighted by Crippen LogP contribution is -2.47. The molecule has 2 N–H and O–H groups in total. The van der Waals surface area contributed by atoms with E-state index < -0.39 is 6.04 Å². The van der Waals surface area contributed by atoms with Gasteiger partial charge in [0.1, 0.15) is 11.9 Å². The third kappa shape index (κ3) is 2.37. The van der Waals surface area contributed by atoms with Crippen molar-refractivity contribution in [1.29, 1.82) is 0 Å². The van der Waals surface area contributed by atoms with Crippen LogP contribution in [0.3, 0.4) is 0 Å². The molecule has 0 aliphatic carbocycles. The minimum Gasteiger partial charge on any atom is -0.361 e. The minimum absolute atomic E-state index is 0.161. The van der Waals surface area contributed by atoms with Gasteiger partial charge in [-0.2, -0.15) is 0 Å². The molecule has 27 heavy (non-hydrogen) atoms. The first-order valence-corrected chi connectivity index (χ1v) is 9.00. The normalized spacial score (nSPS) is 19.2. The molecule has 0 saturated carbocycles. The number of nitrogens with zero attached hydrogens (tertiary/aromatic N) is 2. The third-order valence-electron chi connectivity index (χ3n) is 5.33. The van der Waals surface area contributed by atoms with E-state index >= 15 is 0 Å². The number of rotatable bonds is 2. The SMILES string of the molecule is C[C@@H]1C(=O)N[C@@H](Cc2c[nH]c3ccccc23)c2nc3ccccc3c(=O)n21. The number of amides is 1. The zero-order valence-corrected chi connectivity index (χ0v) is 14.8. The monoisotopic (exact) mass is 358 g/mol. The van der Waals surface area contributed by atoms with Crippen molar-refractivity contribution in [2.24, 2.45) is 0 Å². The van der Waals surface area contributed by atoms with Gasteiger partial charge in [-0.25, -0.2) is 4.98 Å². The number of aromatic nitrogens is 3. The van der Waals surface area contributed by atoms with E-state index in [1.807, 2.05) is 42.6 Å². The van der Waals surface area contributed by atoms with Gasteiger partial charge in [0.2, 0.25) is 5.91 Å². The number of carbonyl (C=O) groups excluding carboxylic acids is 1. The first-order valence-electron chi connectivity index (χ1n) is 9.00. The molecule has 6 nitrogen and oxygen atoms in total.